The number of hydrogen-bond donors (Lipinski definition) is 0. The molecule has 0 saturated heterocycles. The Morgan fingerprint density at radius 1 is 1.47 bits per heavy atom. The van der Waals surface area contributed by atoms with Crippen LogP contribution in [0.25, 0.3) is 0 Å². The molecule has 0 spiro atoms. The molecule has 3 nitrogen and oxygen atoms in total. The second kappa shape index (κ2) is 6.84. The van der Waals surface area contributed by atoms with Crippen LogP contribution in [-0.2, 0) is 13.1 Å². The van der Waals surface area contributed by atoms with Gasteiger partial charge in [-0.15, -0.1) is 17.9 Å². The van der Waals surface area contributed by atoms with Gasteiger partial charge in [0.2, 0.25) is 0 Å². The summed E-state index contributed by atoms with van der Waals surface area (Å²) in [5.41, 5.74) is 1.05. The van der Waals surface area contributed by atoms with Crippen molar-refractivity contribution in [3.63, 3.8) is 0 Å². The zero-order chi connectivity index (χ0) is 13.7. The Morgan fingerprint density at radius 2 is 2.32 bits per heavy atom. The van der Waals surface area contributed by atoms with Crippen molar-refractivity contribution in [2.45, 2.75) is 20.0 Å². The summed E-state index contributed by atoms with van der Waals surface area (Å²) in [6.07, 6.45) is 1.91. The molecule has 0 fully saturated rings. The zero-order valence-electron chi connectivity index (χ0n) is 11.0. The molecular weight excluding hydrogens is 276 g/mol. The van der Waals surface area contributed by atoms with Gasteiger partial charge in [0.1, 0.15) is 0 Å². The predicted molar refractivity (Wildman–Crippen MR) is 83.1 cm³/mol. The maximum atomic E-state index is 11.7. The lowest BCUT2D eigenvalue weighted by molar-refractivity contribution is 0.282. The van der Waals surface area contributed by atoms with E-state index < -0.39 is 0 Å². The normalized spacial score (nSPS) is 11.1. The number of aromatic nitrogens is 1. The second-order valence-electron chi connectivity index (χ2n) is 4.40. The summed E-state index contributed by atoms with van der Waals surface area (Å²) in [5.74, 6) is 0. The van der Waals surface area contributed by atoms with Gasteiger partial charge in [-0.1, -0.05) is 23.5 Å². The number of thiophene rings is 1. The first-order chi connectivity index (χ1) is 9.20. The molecule has 2 heterocycles. The molecule has 0 atom stereocenters. The van der Waals surface area contributed by atoms with E-state index in [-0.39, 0.29) is 4.87 Å². The third-order valence-electron chi connectivity index (χ3n) is 2.96. The maximum Gasteiger partial charge on any atom is 0.307 e. The summed E-state index contributed by atoms with van der Waals surface area (Å²) in [7, 11) is 0. The fourth-order valence-corrected chi connectivity index (χ4v) is 3.46. The summed E-state index contributed by atoms with van der Waals surface area (Å²) >= 11 is 3.04. The van der Waals surface area contributed by atoms with Crippen LogP contribution in [0.15, 0.2) is 40.3 Å². The first kappa shape index (κ1) is 14.2. The van der Waals surface area contributed by atoms with Crippen molar-refractivity contribution >= 4 is 22.7 Å². The molecule has 0 aliphatic carbocycles. The lowest BCUT2D eigenvalue weighted by atomic mass is 10.3. The van der Waals surface area contributed by atoms with Crippen molar-refractivity contribution in [1.29, 1.82) is 0 Å². The average molecular weight is 294 g/mol. The molecule has 0 aromatic carbocycles. The van der Waals surface area contributed by atoms with Gasteiger partial charge in [0, 0.05) is 42.1 Å². The van der Waals surface area contributed by atoms with E-state index in [4.69, 9.17) is 0 Å². The molecule has 0 aliphatic rings. The highest BCUT2D eigenvalue weighted by Crippen LogP contribution is 2.12. The number of nitrogens with zero attached hydrogens (tertiary/aromatic N) is 2. The molecule has 2 aromatic rings. The first-order valence-electron chi connectivity index (χ1n) is 6.21. The third kappa shape index (κ3) is 3.89. The predicted octanol–water partition coefficient (Wildman–Crippen LogP) is 2.97. The topological polar surface area (TPSA) is 25.2 Å². The van der Waals surface area contributed by atoms with E-state index in [0.29, 0.717) is 0 Å². The van der Waals surface area contributed by atoms with E-state index in [2.05, 4.69) is 29.0 Å². The fourth-order valence-electron chi connectivity index (χ4n) is 1.96. The van der Waals surface area contributed by atoms with Crippen LogP contribution in [0.1, 0.15) is 10.6 Å². The number of hydrogen-bond acceptors (Lipinski definition) is 4. The first-order valence-corrected chi connectivity index (χ1v) is 7.97. The largest absolute Gasteiger partial charge is 0.307 e. The van der Waals surface area contributed by atoms with Crippen LogP contribution < -0.4 is 4.87 Å². The Hall–Kier alpha value is -1.17. The smallest absolute Gasteiger partial charge is 0.302 e. The molecule has 0 saturated carbocycles. The van der Waals surface area contributed by atoms with Crippen LogP contribution in [0.3, 0.4) is 0 Å². The van der Waals surface area contributed by atoms with E-state index in [1.54, 1.807) is 11.3 Å². The summed E-state index contributed by atoms with van der Waals surface area (Å²) < 4.78 is 1.84. The van der Waals surface area contributed by atoms with Gasteiger partial charge in [0.15, 0.2) is 0 Å². The Kier molecular flexibility index (Phi) is 5.13. The van der Waals surface area contributed by atoms with Crippen molar-refractivity contribution < 1.29 is 0 Å². The number of thiazole rings is 1. The van der Waals surface area contributed by atoms with Gasteiger partial charge in [-0.3, -0.25) is 9.69 Å². The van der Waals surface area contributed by atoms with Crippen LogP contribution in [0, 0.1) is 6.92 Å². The molecule has 0 amide bonds. The molecule has 0 N–H and O–H groups in total. The minimum atomic E-state index is 0.132. The summed E-state index contributed by atoms with van der Waals surface area (Å²) in [5, 5.41) is 4.01. The molecule has 0 aliphatic heterocycles. The lowest BCUT2D eigenvalue weighted by Crippen LogP contribution is -2.29. The molecule has 0 bridgehead atoms. The lowest BCUT2D eigenvalue weighted by Gasteiger charge is -2.20. The Labute approximate surface area is 121 Å². The monoisotopic (exact) mass is 294 g/mol. The van der Waals surface area contributed by atoms with Crippen LogP contribution in [0.5, 0.6) is 0 Å². The van der Waals surface area contributed by atoms with Crippen molar-refractivity contribution in [1.82, 2.24) is 9.47 Å². The van der Waals surface area contributed by atoms with E-state index in [1.165, 1.54) is 16.2 Å². The highest BCUT2D eigenvalue weighted by Gasteiger charge is 2.08. The molecule has 2 rings (SSSR count). The van der Waals surface area contributed by atoms with Gasteiger partial charge < -0.3 is 4.57 Å². The van der Waals surface area contributed by atoms with Gasteiger partial charge in [0.25, 0.3) is 0 Å². The quantitative estimate of drug-likeness (QED) is 0.734. The highest BCUT2D eigenvalue weighted by molar-refractivity contribution is 7.09. The fraction of sp³-hybridized carbons (Fsp3) is 0.357. The Morgan fingerprint density at radius 3 is 2.89 bits per heavy atom. The van der Waals surface area contributed by atoms with E-state index in [9.17, 15) is 4.79 Å². The van der Waals surface area contributed by atoms with E-state index in [1.807, 2.05) is 22.9 Å². The van der Waals surface area contributed by atoms with E-state index >= 15 is 0 Å². The minimum absolute atomic E-state index is 0.132. The summed E-state index contributed by atoms with van der Waals surface area (Å²) in [6.45, 7) is 9.15. The van der Waals surface area contributed by atoms with Crippen molar-refractivity contribution in [3.05, 3.63) is 55.8 Å². The number of aryl methyl sites for hydroxylation is 1. The summed E-state index contributed by atoms with van der Waals surface area (Å²) in [6, 6.07) is 4.21. The van der Waals surface area contributed by atoms with Gasteiger partial charge in [-0.2, -0.15) is 0 Å². The van der Waals surface area contributed by atoms with Crippen molar-refractivity contribution in [2.75, 3.05) is 13.1 Å². The number of rotatable bonds is 7. The molecule has 102 valence electrons. The standard InChI is InChI=1S/C14H18N2OS2/c1-3-6-15(10-13-5-4-9-18-13)7-8-16-12(2)11-19-14(16)17/h3-5,9,11H,1,6-8,10H2,2H3. The maximum absolute atomic E-state index is 11.7. The zero-order valence-corrected chi connectivity index (χ0v) is 12.7. The average Bonchev–Trinajstić information content (AvgIpc) is 2.99. The molecule has 0 unspecified atom stereocenters. The molecular formula is C14H18N2OS2. The Bertz CT molecular complexity index is 569. The van der Waals surface area contributed by atoms with Gasteiger partial charge >= 0.3 is 4.87 Å². The molecule has 2 aromatic heterocycles. The van der Waals surface area contributed by atoms with Gasteiger partial charge in [0.05, 0.1) is 0 Å². The molecule has 5 heteroatoms. The van der Waals surface area contributed by atoms with Gasteiger partial charge in [-0.05, 0) is 18.4 Å². The highest BCUT2D eigenvalue weighted by atomic mass is 32.1. The SMILES string of the molecule is C=CCN(CCn1c(C)csc1=O)Cc1cccs1. The van der Waals surface area contributed by atoms with Crippen LogP contribution >= 0.6 is 22.7 Å². The van der Waals surface area contributed by atoms with Gasteiger partial charge in [-0.25, -0.2) is 0 Å². The Balaban J connectivity index is 1.97. The van der Waals surface area contributed by atoms with E-state index in [0.717, 1.165) is 31.9 Å². The molecule has 0 radical (unpaired) electrons. The third-order valence-corrected chi connectivity index (χ3v) is 4.71. The summed E-state index contributed by atoms with van der Waals surface area (Å²) in [4.78, 5) is 15.5. The second-order valence-corrected chi connectivity index (χ2v) is 6.25. The van der Waals surface area contributed by atoms with Crippen LogP contribution in [0.2, 0.25) is 0 Å². The van der Waals surface area contributed by atoms with Crippen molar-refractivity contribution in [2.24, 2.45) is 0 Å². The van der Waals surface area contributed by atoms with Crippen LogP contribution in [-0.4, -0.2) is 22.6 Å². The minimum Gasteiger partial charge on any atom is -0.302 e. The van der Waals surface area contributed by atoms with Crippen LogP contribution in [0.4, 0.5) is 0 Å². The molecule has 19 heavy (non-hydrogen) atoms. The van der Waals surface area contributed by atoms with Crippen molar-refractivity contribution in [3.8, 4) is 0 Å².